The second-order valence-corrected chi connectivity index (χ2v) is 5.35. The van der Waals surface area contributed by atoms with Gasteiger partial charge in [0.15, 0.2) is 5.16 Å². The Labute approximate surface area is 123 Å². The minimum absolute atomic E-state index is 0.252. The lowest BCUT2D eigenvalue weighted by molar-refractivity contribution is 0.694. The van der Waals surface area contributed by atoms with Gasteiger partial charge in [-0.15, -0.1) is 0 Å². The second-order valence-electron chi connectivity index (χ2n) is 4.57. The van der Waals surface area contributed by atoms with Gasteiger partial charge in [-0.3, -0.25) is 0 Å². The average Bonchev–Trinajstić information content (AvgIpc) is 2.45. The molecule has 20 heavy (non-hydrogen) atoms. The Kier molecular flexibility index (Phi) is 5.17. The summed E-state index contributed by atoms with van der Waals surface area (Å²) < 4.78 is 0. The van der Waals surface area contributed by atoms with E-state index in [2.05, 4.69) is 51.5 Å². The van der Waals surface area contributed by atoms with Crippen LogP contribution in [0.25, 0.3) is 0 Å². The Morgan fingerprint density at radius 1 is 1.20 bits per heavy atom. The quantitative estimate of drug-likeness (QED) is 0.796. The fourth-order valence-electron chi connectivity index (χ4n) is 1.85. The highest BCUT2D eigenvalue weighted by Gasteiger charge is 2.07. The predicted molar refractivity (Wildman–Crippen MR) is 83.9 cm³/mol. The molecule has 1 unspecified atom stereocenters. The van der Waals surface area contributed by atoms with E-state index in [0.29, 0.717) is 11.1 Å². The van der Waals surface area contributed by atoms with E-state index in [1.807, 2.05) is 12.3 Å². The van der Waals surface area contributed by atoms with Crippen molar-refractivity contribution in [2.75, 3.05) is 17.3 Å². The Morgan fingerprint density at radius 2 is 1.95 bits per heavy atom. The number of nitrogens with zero attached hydrogens (tertiary/aromatic N) is 3. The molecule has 0 aliphatic heterocycles. The topological polar surface area (TPSA) is 76.7 Å². The molecule has 6 heteroatoms. The number of hydrogen-bond acceptors (Lipinski definition) is 6. The molecule has 1 atom stereocenters. The first-order valence-corrected chi connectivity index (χ1v) is 7.76. The van der Waals surface area contributed by atoms with Crippen molar-refractivity contribution in [2.24, 2.45) is 0 Å². The van der Waals surface area contributed by atoms with Crippen LogP contribution in [0.5, 0.6) is 0 Å². The van der Waals surface area contributed by atoms with Gasteiger partial charge in [0.25, 0.3) is 0 Å². The molecule has 0 amide bonds. The van der Waals surface area contributed by atoms with Crippen LogP contribution in [0.1, 0.15) is 18.9 Å². The van der Waals surface area contributed by atoms with Crippen molar-refractivity contribution >= 4 is 23.7 Å². The van der Waals surface area contributed by atoms with Crippen LogP contribution in [0.15, 0.2) is 35.5 Å². The first-order chi connectivity index (χ1) is 9.67. The van der Waals surface area contributed by atoms with Crippen LogP contribution < -0.4 is 11.1 Å². The Bertz CT molecular complexity index is 547. The summed E-state index contributed by atoms with van der Waals surface area (Å²) in [6, 6.07) is 10.7. The molecular weight excluding hydrogens is 270 g/mol. The SMILES string of the molecule is CSc1nc(N)nc(NC(C)CCc2ccccc2)n1. The summed E-state index contributed by atoms with van der Waals surface area (Å²) in [5.74, 6) is 0.796. The average molecular weight is 289 g/mol. The van der Waals surface area contributed by atoms with Gasteiger partial charge in [-0.05, 0) is 31.6 Å². The van der Waals surface area contributed by atoms with Gasteiger partial charge in [-0.1, -0.05) is 42.1 Å². The summed E-state index contributed by atoms with van der Waals surface area (Å²) in [6.07, 6.45) is 3.94. The smallest absolute Gasteiger partial charge is 0.228 e. The zero-order chi connectivity index (χ0) is 14.4. The molecule has 3 N–H and O–H groups in total. The predicted octanol–water partition coefficient (Wildman–Crippen LogP) is 2.61. The number of nitrogen functional groups attached to an aromatic ring is 1. The third kappa shape index (κ3) is 4.38. The molecule has 0 aliphatic carbocycles. The van der Waals surface area contributed by atoms with Gasteiger partial charge in [-0.25, -0.2) is 0 Å². The lowest BCUT2D eigenvalue weighted by Crippen LogP contribution is -2.19. The fourth-order valence-corrected chi connectivity index (χ4v) is 2.21. The Balaban J connectivity index is 1.91. The van der Waals surface area contributed by atoms with Crippen LogP contribution in [-0.4, -0.2) is 27.2 Å². The molecule has 2 aromatic rings. The number of thioether (sulfide) groups is 1. The summed E-state index contributed by atoms with van der Waals surface area (Å²) in [4.78, 5) is 12.4. The van der Waals surface area contributed by atoms with Crippen molar-refractivity contribution in [3.63, 3.8) is 0 Å². The summed E-state index contributed by atoms with van der Waals surface area (Å²) in [5, 5.41) is 3.91. The molecule has 0 saturated heterocycles. The van der Waals surface area contributed by atoms with Crippen LogP contribution in [0.3, 0.4) is 0 Å². The molecule has 1 heterocycles. The zero-order valence-corrected chi connectivity index (χ0v) is 12.5. The lowest BCUT2D eigenvalue weighted by atomic mass is 10.1. The first kappa shape index (κ1) is 14.6. The maximum absolute atomic E-state index is 5.66. The molecule has 0 bridgehead atoms. The fraction of sp³-hybridized carbons (Fsp3) is 0.357. The van der Waals surface area contributed by atoms with Gasteiger partial charge < -0.3 is 11.1 Å². The van der Waals surface area contributed by atoms with Crippen LogP contribution >= 0.6 is 11.8 Å². The van der Waals surface area contributed by atoms with E-state index in [9.17, 15) is 0 Å². The van der Waals surface area contributed by atoms with Gasteiger partial charge in [0.1, 0.15) is 0 Å². The Morgan fingerprint density at radius 3 is 2.65 bits per heavy atom. The summed E-state index contributed by atoms with van der Waals surface area (Å²) >= 11 is 1.45. The molecule has 5 nitrogen and oxygen atoms in total. The highest BCUT2D eigenvalue weighted by molar-refractivity contribution is 7.98. The Hall–Kier alpha value is -1.82. The largest absolute Gasteiger partial charge is 0.368 e. The number of aryl methyl sites for hydroxylation is 1. The van der Waals surface area contributed by atoms with Crippen LogP contribution in [-0.2, 0) is 6.42 Å². The number of benzene rings is 1. The number of aromatic nitrogens is 3. The molecule has 1 aromatic carbocycles. The molecule has 1 aromatic heterocycles. The van der Waals surface area contributed by atoms with Crippen LogP contribution in [0.2, 0.25) is 0 Å². The number of nitrogens with one attached hydrogen (secondary N) is 1. The van der Waals surface area contributed by atoms with Gasteiger partial charge in [0.05, 0.1) is 0 Å². The van der Waals surface area contributed by atoms with Crippen molar-refractivity contribution in [1.29, 1.82) is 0 Å². The maximum atomic E-state index is 5.66. The molecular formula is C14H19N5S. The molecule has 2 rings (SSSR count). The van der Waals surface area contributed by atoms with Crippen molar-refractivity contribution in [3.8, 4) is 0 Å². The van der Waals surface area contributed by atoms with Crippen LogP contribution in [0, 0.1) is 0 Å². The molecule has 0 spiro atoms. The summed E-state index contributed by atoms with van der Waals surface area (Å²) in [6.45, 7) is 2.11. The molecule has 0 radical (unpaired) electrons. The van der Waals surface area contributed by atoms with Crippen molar-refractivity contribution in [2.45, 2.75) is 31.0 Å². The lowest BCUT2D eigenvalue weighted by Gasteiger charge is -2.14. The minimum atomic E-state index is 0.252. The van der Waals surface area contributed by atoms with E-state index >= 15 is 0 Å². The van der Waals surface area contributed by atoms with E-state index in [1.54, 1.807) is 0 Å². The van der Waals surface area contributed by atoms with Crippen molar-refractivity contribution in [3.05, 3.63) is 35.9 Å². The van der Waals surface area contributed by atoms with E-state index in [4.69, 9.17) is 5.73 Å². The van der Waals surface area contributed by atoms with E-state index in [-0.39, 0.29) is 12.0 Å². The molecule has 0 fully saturated rings. The normalized spacial score (nSPS) is 12.1. The van der Waals surface area contributed by atoms with E-state index in [1.165, 1.54) is 17.3 Å². The minimum Gasteiger partial charge on any atom is -0.368 e. The third-order valence-corrected chi connectivity index (χ3v) is 3.45. The molecule has 0 saturated carbocycles. The number of nitrogens with two attached hydrogens (primary N) is 1. The van der Waals surface area contributed by atoms with Crippen molar-refractivity contribution < 1.29 is 0 Å². The molecule has 0 aliphatic rings. The van der Waals surface area contributed by atoms with E-state index < -0.39 is 0 Å². The van der Waals surface area contributed by atoms with Gasteiger partial charge in [0.2, 0.25) is 11.9 Å². The van der Waals surface area contributed by atoms with Crippen LogP contribution in [0.4, 0.5) is 11.9 Å². The monoisotopic (exact) mass is 289 g/mol. The third-order valence-electron chi connectivity index (χ3n) is 2.90. The van der Waals surface area contributed by atoms with E-state index in [0.717, 1.165) is 12.8 Å². The maximum Gasteiger partial charge on any atom is 0.228 e. The highest BCUT2D eigenvalue weighted by Crippen LogP contribution is 2.13. The standard InChI is InChI=1S/C14H19N5S/c1-10(8-9-11-6-4-3-5-7-11)16-13-17-12(15)18-14(19-13)20-2/h3-7,10H,8-9H2,1-2H3,(H3,15,16,17,18,19). The molecule has 106 valence electrons. The van der Waals surface area contributed by atoms with Gasteiger partial charge in [0, 0.05) is 6.04 Å². The number of anilines is 2. The zero-order valence-electron chi connectivity index (χ0n) is 11.7. The summed E-state index contributed by atoms with van der Waals surface area (Å²) in [7, 11) is 0. The van der Waals surface area contributed by atoms with Gasteiger partial charge in [-0.2, -0.15) is 15.0 Å². The summed E-state index contributed by atoms with van der Waals surface area (Å²) in [5.41, 5.74) is 6.99. The first-order valence-electron chi connectivity index (χ1n) is 6.53. The van der Waals surface area contributed by atoms with Gasteiger partial charge >= 0.3 is 0 Å². The highest BCUT2D eigenvalue weighted by atomic mass is 32.2. The number of hydrogen-bond donors (Lipinski definition) is 2. The second kappa shape index (κ2) is 7.09. The number of rotatable bonds is 6. The van der Waals surface area contributed by atoms with Crippen molar-refractivity contribution in [1.82, 2.24) is 15.0 Å².